The second-order valence-electron chi connectivity index (χ2n) is 7.59. The summed E-state index contributed by atoms with van der Waals surface area (Å²) in [5, 5.41) is 4.31. The smallest absolute Gasteiger partial charge is 0.175 e. The van der Waals surface area contributed by atoms with E-state index >= 15 is 0 Å². The molecule has 1 aliphatic heterocycles. The van der Waals surface area contributed by atoms with Crippen LogP contribution in [0.15, 0.2) is 33.4 Å². The van der Waals surface area contributed by atoms with E-state index < -0.39 is 0 Å². The normalized spacial score (nSPS) is 13.5. The lowest BCUT2D eigenvalue weighted by atomic mass is 10.1. The highest BCUT2D eigenvalue weighted by atomic mass is 32.2. The molecule has 0 bridgehead atoms. The Morgan fingerprint density at radius 1 is 1.37 bits per heavy atom. The number of imidazole rings is 1. The van der Waals surface area contributed by atoms with Gasteiger partial charge in [0.15, 0.2) is 22.1 Å². The Labute approximate surface area is 185 Å². The molecule has 0 unspecified atom stereocenters. The molecule has 156 valence electrons. The van der Waals surface area contributed by atoms with Crippen molar-refractivity contribution in [2.45, 2.75) is 60.6 Å². The SMILES string of the molecule is C#Cc1cc2c(cc1Sc1nc3c(N)ncnc3n1CCCNC(C)C)SCCC2. The van der Waals surface area contributed by atoms with E-state index in [1.807, 2.05) is 11.8 Å². The van der Waals surface area contributed by atoms with Gasteiger partial charge in [0.1, 0.15) is 6.33 Å². The highest BCUT2D eigenvalue weighted by Crippen LogP contribution is 2.38. The van der Waals surface area contributed by atoms with Crippen LogP contribution in [0.2, 0.25) is 0 Å². The van der Waals surface area contributed by atoms with Gasteiger partial charge in [-0.15, -0.1) is 18.2 Å². The summed E-state index contributed by atoms with van der Waals surface area (Å²) in [7, 11) is 0. The number of aryl methyl sites for hydroxylation is 2. The van der Waals surface area contributed by atoms with Gasteiger partial charge in [0, 0.05) is 27.9 Å². The molecule has 0 fully saturated rings. The molecule has 3 heterocycles. The number of nitrogens with zero attached hydrogens (tertiary/aromatic N) is 4. The van der Waals surface area contributed by atoms with Crippen molar-refractivity contribution in [2.24, 2.45) is 0 Å². The monoisotopic (exact) mass is 438 g/mol. The number of anilines is 1. The molecular formula is C22H26N6S2. The zero-order valence-corrected chi connectivity index (χ0v) is 18.9. The van der Waals surface area contributed by atoms with E-state index in [2.05, 4.69) is 51.8 Å². The van der Waals surface area contributed by atoms with Crippen molar-refractivity contribution in [3.63, 3.8) is 0 Å². The second-order valence-corrected chi connectivity index (χ2v) is 9.74. The zero-order valence-electron chi connectivity index (χ0n) is 17.3. The Morgan fingerprint density at radius 2 is 2.23 bits per heavy atom. The number of nitrogens with one attached hydrogen (secondary N) is 1. The van der Waals surface area contributed by atoms with Crippen LogP contribution in [0.4, 0.5) is 5.82 Å². The zero-order chi connectivity index (χ0) is 21.1. The van der Waals surface area contributed by atoms with Crippen molar-refractivity contribution in [2.75, 3.05) is 18.0 Å². The van der Waals surface area contributed by atoms with Gasteiger partial charge in [-0.3, -0.25) is 0 Å². The molecule has 2 aromatic heterocycles. The summed E-state index contributed by atoms with van der Waals surface area (Å²) in [5.41, 5.74) is 9.77. The molecule has 0 saturated heterocycles. The molecule has 0 amide bonds. The van der Waals surface area contributed by atoms with Crippen LogP contribution in [0.3, 0.4) is 0 Å². The van der Waals surface area contributed by atoms with E-state index in [-0.39, 0.29) is 0 Å². The van der Waals surface area contributed by atoms with Gasteiger partial charge in [0.25, 0.3) is 0 Å². The largest absolute Gasteiger partial charge is 0.382 e. The van der Waals surface area contributed by atoms with Gasteiger partial charge in [-0.25, -0.2) is 15.0 Å². The van der Waals surface area contributed by atoms with Crippen molar-refractivity contribution < 1.29 is 0 Å². The van der Waals surface area contributed by atoms with Gasteiger partial charge in [-0.2, -0.15) is 0 Å². The van der Waals surface area contributed by atoms with Crippen molar-refractivity contribution >= 4 is 40.5 Å². The van der Waals surface area contributed by atoms with Gasteiger partial charge >= 0.3 is 0 Å². The van der Waals surface area contributed by atoms with Crippen LogP contribution < -0.4 is 11.1 Å². The van der Waals surface area contributed by atoms with E-state index in [4.69, 9.17) is 17.1 Å². The number of nitrogens with two attached hydrogens (primary N) is 1. The number of fused-ring (bicyclic) bond motifs is 2. The third kappa shape index (κ3) is 4.43. The number of aromatic nitrogens is 4. The highest BCUT2D eigenvalue weighted by Gasteiger charge is 2.19. The highest BCUT2D eigenvalue weighted by molar-refractivity contribution is 8.00. The van der Waals surface area contributed by atoms with E-state index in [1.165, 1.54) is 23.2 Å². The molecule has 0 aliphatic carbocycles. The summed E-state index contributed by atoms with van der Waals surface area (Å²) in [6.45, 7) is 6.02. The lowest BCUT2D eigenvalue weighted by Gasteiger charge is -2.17. The number of terminal acetylenes is 1. The first-order valence-electron chi connectivity index (χ1n) is 10.2. The van der Waals surface area contributed by atoms with Crippen LogP contribution in [-0.2, 0) is 13.0 Å². The minimum absolute atomic E-state index is 0.402. The third-order valence-corrected chi connectivity index (χ3v) is 7.24. The first-order valence-corrected chi connectivity index (χ1v) is 12.0. The Hall–Kier alpha value is -2.21. The molecule has 8 heteroatoms. The molecule has 0 radical (unpaired) electrons. The maximum Gasteiger partial charge on any atom is 0.175 e. The first kappa shape index (κ1) is 21.0. The average molecular weight is 439 g/mol. The fraction of sp³-hybridized carbons (Fsp3) is 0.409. The summed E-state index contributed by atoms with van der Waals surface area (Å²) in [5.74, 6) is 4.42. The minimum atomic E-state index is 0.402. The maximum absolute atomic E-state index is 6.09. The van der Waals surface area contributed by atoms with Gasteiger partial charge in [-0.1, -0.05) is 31.5 Å². The number of nitrogen functional groups attached to an aromatic ring is 1. The molecule has 1 aromatic carbocycles. The van der Waals surface area contributed by atoms with Crippen molar-refractivity contribution in [1.82, 2.24) is 24.8 Å². The molecule has 0 atom stereocenters. The second kappa shape index (κ2) is 9.29. The van der Waals surface area contributed by atoms with Gasteiger partial charge in [-0.05, 0) is 49.3 Å². The van der Waals surface area contributed by atoms with Crippen LogP contribution in [-0.4, -0.2) is 37.9 Å². The van der Waals surface area contributed by atoms with E-state index in [1.54, 1.807) is 11.8 Å². The molecule has 3 N–H and O–H groups in total. The molecule has 0 saturated carbocycles. The lowest BCUT2D eigenvalue weighted by molar-refractivity contribution is 0.525. The number of hydrogen-bond donors (Lipinski definition) is 2. The number of rotatable bonds is 7. The third-order valence-electron chi connectivity index (χ3n) is 5.00. The average Bonchev–Trinajstić information content (AvgIpc) is 3.09. The minimum Gasteiger partial charge on any atom is -0.382 e. The molecular weight excluding hydrogens is 412 g/mol. The van der Waals surface area contributed by atoms with Gasteiger partial charge in [0.05, 0.1) is 0 Å². The van der Waals surface area contributed by atoms with Crippen LogP contribution in [0, 0.1) is 12.3 Å². The molecule has 6 nitrogen and oxygen atoms in total. The Kier molecular flexibility index (Phi) is 6.52. The molecule has 1 aliphatic rings. The van der Waals surface area contributed by atoms with Crippen molar-refractivity contribution in [3.8, 4) is 12.3 Å². The molecule has 0 spiro atoms. The van der Waals surface area contributed by atoms with Crippen LogP contribution in [0.5, 0.6) is 0 Å². The topological polar surface area (TPSA) is 81.7 Å². The van der Waals surface area contributed by atoms with Crippen molar-refractivity contribution in [1.29, 1.82) is 0 Å². The predicted molar refractivity (Wildman–Crippen MR) is 125 cm³/mol. The van der Waals surface area contributed by atoms with E-state index in [9.17, 15) is 0 Å². The van der Waals surface area contributed by atoms with Crippen LogP contribution in [0.25, 0.3) is 11.2 Å². The summed E-state index contributed by atoms with van der Waals surface area (Å²) >= 11 is 3.49. The number of benzene rings is 1. The quantitative estimate of drug-likeness (QED) is 0.427. The van der Waals surface area contributed by atoms with E-state index in [0.717, 1.165) is 52.9 Å². The molecule has 4 rings (SSSR count). The van der Waals surface area contributed by atoms with Crippen LogP contribution >= 0.6 is 23.5 Å². The van der Waals surface area contributed by atoms with E-state index in [0.29, 0.717) is 17.4 Å². The molecule has 3 aromatic rings. The Morgan fingerprint density at radius 3 is 3.03 bits per heavy atom. The fourth-order valence-corrected chi connectivity index (χ4v) is 5.67. The number of hydrogen-bond acceptors (Lipinski definition) is 7. The summed E-state index contributed by atoms with van der Waals surface area (Å²) in [4.78, 5) is 15.7. The Balaban J connectivity index is 1.69. The number of thioether (sulfide) groups is 1. The maximum atomic E-state index is 6.09. The summed E-state index contributed by atoms with van der Waals surface area (Å²) in [6, 6.07) is 4.85. The standard InChI is InChI=1S/C22H26N6S2/c1-4-15-11-16-7-5-10-29-17(16)12-18(15)30-22-27-19-20(23)25-13-26-21(19)28(22)9-6-8-24-14(2)3/h1,11-14,24H,5-10H2,2-3H3,(H2,23,25,26). The van der Waals surface area contributed by atoms with Gasteiger partial charge in [0.2, 0.25) is 0 Å². The molecule has 30 heavy (non-hydrogen) atoms. The van der Waals surface area contributed by atoms with Gasteiger partial charge < -0.3 is 15.6 Å². The van der Waals surface area contributed by atoms with Crippen molar-refractivity contribution in [3.05, 3.63) is 29.6 Å². The Bertz CT molecular complexity index is 1100. The summed E-state index contributed by atoms with van der Waals surface area (Å²) < 4.78 is 2.13. The fourth-order valence-electron chi connectivity index (χ4n) is 3.52. The van der Waals surface area contributed by atoms with Crippen LogP contribution in [0.1, 0.15) is 37.8 Å². The summed E-state index contributed by atoms with van der Waals surface area (Å²) in [6.07, 6.45) is 10.6. The first-order chi connectivity index (χ1) is 14.6. The predicted octanol–water partition coefficient (Wildman–Crippen LogP) is 3.97. The lowest BCUT2D eigenvalue weighted by Crippen LogP contribution is -2.24.